The van der Waals surface area contributed by atoms with Crippen LogP contribution in [-0.4, -0.2) is 25.5 Å². The van der Waals surface area contributed by atoms with Gasteiger partial charge in [-0.05, 0) is 47.2 Å². The first-order valence-corrected chi connectivity index (χ1v) is 6.50. The predicted molar refractivity (Wildman–Crippen MR) is 72.6 cm³/mol. The molecule has 1 amide bonds. The third-order valence-electron chi connectivity index (χ3n) is 2.85. The van der Waals surface area contributed by atoms with Gasteiger partial charge in [0.15, 0.2) is 0 Å². The van der Waals surface area contributed by atoms with Gasteiger partial charge in [-0.15, -0.1) is 0 Å². The van der Waals surface area contributed by atoms with E-state index >= 15 is 0 Å². The number of hydrogen-bond donors (Lipinski definition) is 2. The summed E-state index contributed by atoms with van der Waals surface area (Å²) in [5.74, 6) is 0.637. The minimum atomic E-state index is 0.0322. The Bertz CT molecular complexity index is 402. The van der Waals surface area contributed by atoms with E-state index < -0.39 is 0 Å². The fraction of sp³-hybridized carbons (Fsp3) is 0.417. The highest BCUT2D eigenvalue weighted by atomic mass is 127. The maximum atomic E-state index is 11.8. The van der Waals surface area contributed by atoms with Crippen LogP contribution in [0, 0.1) is 16.4 Å². The second kappa shape index (κ2) is 5.14. The van der Waals surface area contributed by atoms with Gasteiger partial charge in [0.1, 0.15) is 0 Å². The molecule has 0 radical (unpaired) electrons. The summed E-state index contributed by atoms with van der Waals surface area (Å²) in [6, 6.07) is 5.80. The van der Waals surface area contributed by atoms with Gasteiger partial charge in [-0.1, -0.05) is 6.07 Å². The van der Waals surface area contributed by atoms with Crippen LogP contribution in [-0.2, 0) is 0 Å². The van der Waals surface area contributed by atoms with Crippen LogP contribution in [0.2, 0.25) is 0 Å². The second-order valence-corrected chi connectivity index (χ2v) is 5.36. The summed E-state index contributed by atoms with van der Waals surface area (Å²) >= 11 is 2.25. The minimum Gasteiger partial charge on any atom is -0.352 e. The van der Waals surface area contributed by atoms with Gasteiger partial charge < -0.3 is 10.6 Å². The van der Waals surface area contributed by atoms with E-state index in [1.165, 1.54) is 5.56 Å². The van der Waals surface area contributed by atoms with Crippen LogP contribution in [0.15, 0.2) is 18.2 Å². The molecule has 1 aromatic rings. The Kier molecular flexibility index (Phi) is 3.81. The zero-order chi connectivity index (χ0) is 11.5. The van der Waals surface area contributed by atoms with Crippen LogP contribution < -0.4 is 10.6 Å². The summed E-state index contributed by atoms with van der Waals surface area (Å²) in [6.45, 7) is 4.86. The molecule has 0 unspecified atom stereocenters. The molecule has 0 atom stereocenters. The van der Waals surface area contributed by atoms with Crippen LogP contribution in [0.3, 0.4) is 0 Å². The summed E-state index contributed by atoms with van der Waals surface area (Å²) in [5, 5.41) is 6.15. The lowest BCUT2D eigenvalue weighted by molar-refractivity contribution is 0.0942. The van der Waals surface area contributed by atoms with Crippen molar-refractivity contribution in [2.75, 3.05) is 19.6 Å². The Morgan fingerprint density at radius 1 is 1.56 bits per heavy atom. The number of carbonyl (C=O) groups is 1. The number of benzene rings is 1. The second-order valence-electron chi connectivity index (χ2n) is 4.20. The molecular weight excluding hydrogens is 315 g/mol. The number of aryl methyl sites for hydroxylation is 1. The highest BCUT2D eigenvalue weighted by Gasteiger charge is 2.17. The van der Waals surface area contributed by atoms with E-state index in [1.54, 1.807) is 0 Å². The number of rotatable bonds is 3. The Hall–Kier alpha value is -0.620. The summed E-state index contributed by atoms with van der Waals surface area (Å²) in [7, 11) is 0. The standard InChI is InChI=1S/C12H15IN2O/c1-8-2-3-10(4-11(8)13)12(16)15-7-9-5-14-6-9/h2-4,9,14H,5-7H2,1H3,(H,15,16). The molecule has 0 spiro atoms. The average Bonchev–Trinajstić information content (AvgIpc) is 2.19. The van der Waals surface area contributed by atoms with Gasteiger partial charge in [-0.25, -0.2) is 0 Å². The van der Waals surface area contributed by atoms with E-state index in [4.69, 9.17) is 0 Å². The van der Waals surface area contributed by atoms with Crippen LogP contribution >= 0.6 is 22.6 Å². The molecule has 2 N–H and O–H groups in total. The average molecular weight is 330 g/mol. The molecule has 1 aliphatic rings. The number of nitrogens with one attached hydrogen (secondary N) is 2. The van der Waals surface area contributed by atoms with Crippen molar-refractivity contribution in [3.63, 3.8) is 0 Å². The van der Waals surface area contributed by atoms with Gasteiger partial charge >= 0.3 is 0 Å². The Morgan fingerprint density at radius 3 is 2.88 bits per heavy atom. The van der Waals surface area contributed by atoms with Crippen LogP contribution in [0.4, 0.5) is 0 Å². The van der Waals surface area contributed by atoms with Gasteiger partial charge in [-0.2, -0.15) is 0 Å². The molecule has 0 aromatic heterocycles. The van der Waals surface area contributed by atoms with Crippen molar-refractivity contribution in [3.8, 4) is 0 Å². The monoisotopic (exact) mass is 330 g/mol. The Labute approximate surface area is 109 Å². The van der Waals surface area contributed by atoms with E-state index in [0.29, 0.717) is 5.92 Å². The van der Waals surface area contributed by atoms with Crippen molar-refractivity contribution in [1.82, 2.24) is 10.6 Å². The zero-order valence-electron chi connectivity index (χ0n) is 9.22. The highest BCUT2D eigenvalue weighted by molar-refractivity contribution is 14.1. The molecule has 0 saturated carbocycles. The molecule has 86 valence electrons. The third-order valence-corrected chi connectivity index (χ3v) is 4.01. The van der Waals surface area contributed by atoms with Crippen molar-refractivity contribution < 1.29 is 4.79 Å². The van der Waals surface area contributed by atoms with Gasteiger partial charge in [0.25, 0.3) is 5.91 Å². The van der Waals surface area contributed by atoms with Gasteiger partial charge in [0.2, 0.25) is 0 Å². The maximum Gasteiger partial charge on any atom is 0.251 e. The number of hydrogen-bond acceptors (Lipinski definition) is 2. The molecule has 2 rings (SSSR count). The molecule has 1 aliphatic heterocycles. The molecule has 3 nitrogen and oxygen atoms in total. The summed E-state index contributed by atoms with van der Waals surface area (Å²) < 4.78 is 1.13. The van der Waals surface area contributed by atoms with Crippen molar-refractivity contribution in [3.05, 3.63) is 32.9 Å². The first-order chi connectivity index (χ1) is 7.66. The molecule has 1 heterocycles. The van der Waals surface area contributed by atoms with Gasteiger partial charge in [-0.3, -0.25) is 4.79 Å². The zero-order valence-corrected chi connectivity index (χ0v) is 11.4. The van der Waals surface area contributed by atoms with Crippen molar-refractivity contribution >= 4 is 28.5 Å². The lowest BCUT2D eigenvalue weighted by atomic mass is 10.0. The van der Waals surface area contributed by atoms with E-state index in [9.17, 15) is 4.79 Å². The summed E-state index contributed by atoms with van der Waals surface area (Å²) in [5.41, 5.74) is 1.96. The molecule has 0 aliphatic carbocycles. The normalized spacial score (nSPS) is 15.6. The maximum absolute atomic E-state index is 11.8. The summed E-state index contributed by atoms with van der Waals surface area (Å²) in [6.07, 6.45) is 0. The fourth-order valence-electron chi connectivity index (χ4n) is 1.57. The van der Waals surface area contributed by atoms with Crippen LogP contribution in [0.25, 0.3) is 0 Å². The molecule has 1 aromatic carbocycles. The minimum absolute atomic E-state index is 0.0322. The molecule has 0 bridgehead atoms. The largest absolute Gasteiger partial charge is 0.352 e. The Morgan fingerprint density at radius 2 is 2.31 bits per heavy atom. The first kappa shape index (κ1) is 11.9. The fourth-order valence-corrected chi connectivity index (χ4v) is 2.08. The predicted octanol–water partition coefficient (Wildman–Crippen LogP) is 1.55. The molecule has 1 saturated heterocycles. The highest BCUT2D eigenvalue weighted by Crippen LogP contribution is 2.13. The lowest BCUT2D eigenvalue weighted by Crippen LogP contribution is -2.48. The molecular formula is C12H15IN2O. The molecule has 4 heteroatoms. The lowest BCUT2D eigenvalue weighted by Gasteiger charge is -2.27. The van der Waals surface area contributed by atoms with E-state index in [2.05, 4.69) is 33.2 Å². The van der Waals surface area contributed by atoms with Crippen LogP contribution in [0.5, 0.6) is 0 Å². The van der Waals surface area contributed by atoms with Crippen molar-refractivity contribution in [2.24, 2.45) is 5.92 Å². The third kappa shape index (κ3) is 2.74. The number of halogens is 1. The van der Waals surface area contributed by atoms with Crippen LogP contribution in [0.1, 0.15) is 15.9 Å². The molecule has 1 fully saturated rings. The first-order valence-electron chi connectivity index (χ1n) is 5.42. The van der Waals surface area contributed by atoms with E-state index in [1.807, 2.05) is 25.1 Å². The number of amides is 1. The summed E-state index contributed by atoms with van der Waals surface area (Å²) in [4.78, 5) is 11.8. The Balaban J connectivity index is 1.94. The van der Waals surface area contributed by atoms with Gasteiger partial charge in [0, 0.05) is 34.7 Å². The number of carbonyl (C=O) groups excluding carboxylic acids is 1. The SMILES string of the molecule is Cc1ccc(C(=O)NCC2CNC2)cc1I. The van der Waals surface area contributed by atoms with Gasteiger partial charge in [0.05, 0.1) is 0 Å². The van der Waals surface area contributed by atoms with Crippen molar-refractivity contribution in [2.45, 2.75) is 6.92 Å². The smallest absolute Gasteiger partial charge is 0.251 e. The molecule has 16 heavy (non-hydrogen) atoms. The quantitative estimate of drug-likeness (QED) is 0.826. The van der Waals surface area contributed by atoms with E-state index in [0.717, 1.165) is 28.8 Å². The topological polar surface area (TPSA) is 41.1 Å². The van der Waals surface area contributed by atoms with E-state index in [-0.39, 0.29) is 5.91 Å². The van der Waals surface area contributed by atoms with Crippen molar-refractivity contribution in [1.29, 1.82) is 0 Å².